The molecule has 0 aliphatic heterocycles. The van der Waals surface area contributed by atoms with Gasteiger partial charge in [-0.1, -0.05) is 48.5 Å². The number of benzene rings is 2. The molecule has 0 spiro atoms. The summed E-state index contributed by atoms with van der Waals surface area (Å²) in [5.74, 6) is -1.44. The number of aryl methyl sites for hydroxylation is 1. The Labute approximate surface area is 217 Å². The largest absolute Gasteiger partial charge is 0.464 e. The maximum Gasteiger partial charge on any atom is 0.328 e. The molecule has 0 saturated carbocycles. The van der Waals surface area contributed by atoms with E-state index in [1.165, 1.54) is 0 Å². The molecule has 0 bridgehead atoms. The predicted octanol–water partition coefficient (Wildman–Crippen LogP) is 3.04. The monoisotopic (exact) mass is 514 g/mol. The molecule has 3 rings (SSSR count). The third kappa shape index (κ3) is 7.83. The van der Waals surface area contributed by atoms with Gasteiger partial charge in [0.2, 0.25) is 11.8 Å². The lowest BCUT2D eigenvalue weighted by Crippen LogP contribution is -2.58. The molecule has 2 aromatic carbocycles. The van der Waals surface area contributed by atoms with Crippen LogP contribution in [0.4, 0.5) is 0 Å². The Morgan fingerprint density at radius 2 is 1.67 bits per heavy atom. The molecule has 1 aromatic heterocycles. The summed E-state index contributed by atoms with van der Waals surface area (Å²) in [5.41, 5.74) is 7.64. The summed E-state index contributed by atoms with van der Waals surface area (Å²) in [4.78, 5) is 41.9. The van der Waals surface area contributed by atoms with Crippen LogP contribution in [0.2, 0.25) is 0 Å². The van der Waals surface area contributed by atoms with Crippen molar-refractivity contribution in [2.24, 2.45) is 5.73 Å². The standard InChI is InChI=1S/C27H34N4O4.ClH/c1-4-35-25(33)22(15-14-18-10-6-5-7-11-18)30-24(32)23(31-26(34)27(2,3)28)16-19-17-29-21-13-9-8-12-20(19)21;/h5-13,17,22-23,29H,4,14-16,28H2,1-3H3,(H,30,32)(H,31,34);1H/t22-,23-;/m0./s1. The van der Waals surface area contributed by atoms with Crippen molar-refractivity contribution < 1.29 is 19.1 Å². The molecule has 1 heterocycles. The van der Waals surface area contributed by atoms with Crippen LogP contribution in [0.15, 0.2) is 60.8 Å². The van der Waals surface area contributed by atoms with E-state index in [2.05, 4.69) is 15.6 Å². The summed E-state index contributed by atoms with van der Waals surface area (Å²) in [7, 11) is 0. The van der Waals surface area contributed by atoms with Crippen LogP contribution in [-0.2, 0) is 32.0 Å². The predicted molar refractivity (Wildman–Crippen MR) is 143 cm³/mol. The van der Waals surface area contributed by atoms with Crippen molar-refractivity contribution >= 4 is 41.1 Å². The minimum absolute atomic E-state index is 0. The number of esters is 1. The summed E-state index contributed by atoms with van der Waals surface area (Å²) >= 11 is 0. The number of carbonyl (C=O) groups is 3. The molecule has 8 nitrogen and oxygen atoms in total. The number of amides is 2. The normalized spacial score (nSPS) is 12.8. The number of hydrogen-bond acceptors (Lipinski definition) is 5. The van der Waals surface area contributed by atoms with Crippen LogP contribution in [0.5, 0.6) is 0 Å². The highest BCUT2D eigenvalue weighted by Gasteiger charge is 2.31. The molecule has 2 amide bonds. The Morgan fingerprint density at radius 3 is 2.33 bits per heavy atom. The zero-order valence-electron chi connectivity index (χ0n) is 20.9. The van der Waals surface area contributed by atoms with Crippen LogP contribution in [0, 0.1) is 0 Å². The molecule has 9 heteroatoms. The second-order valence-corrected chi connectivity index (χ2v) is 9.15. The molecule has 0 fully saturated rings. The summed E-state index contributed by atoms with van der Waals surface area (Å²) in [6.45, 7) is 5.07. The van der Waals surface area contributed by atoms with Crippen LogP contribution >= 0.6 is 12.4 Å². The number of hydrogen-bond donors (Lipinski definition) is 4. The van der Waals surface area contributed by atoms with E-state index >= 15 is 0 Å². The maximum atomic E-state index is 13.4. The number of fused-ring (bicyclic) bond motifs is 1. The first-order valence-corrected chi connectivity index (χ1v) is 11.8. The minimum atomic E-state index is -1.17. The topological polar surface area (TPSA) is 126 Å². The van der Waals surface area contributed by atoms with E-state index < -0.39 is 35.4 Å². The van der Waals surface area contributed by atoms with Gasteiger partial charge in [-0.2, -0.15) is 0 Å². The lowest BCUT2D eigenvalue weighted by atomic mass is 10.0. The summed E-state index contributed by atoms with van der Waals surface area (Å²) < 4.78 is 5.21. The highest BCUT2D eigenvalue weighted by atomic mass is 35.5. The van der Waals surface area contributed by atoms with E-state index in [1.54, 1.807) is 20.8 Å². The van der Waals surface area contributed by atoms with Gasteiger partial charge in [0, 0.05) is 23.5 Å². The highest BCUT2D eigenvalue weighted by molar-refractivity contribution is 5.94. The first-order valence-electron chi connectivity index (χ1n) is 11.8. The molecule has 3 aromatic rings. The van der Waals surface area contributed by atoms with Crippen LogP contribution < -0.4 is 16.4 Å². The maximum absolute atomic E-state index is 13.4. The molecular weight excluding hydrogens is 480 g/mol. The lowest BCUT2D eigenvalue weighted by molar-refractivity contribution is -0.147. The quantitative estimate of drug-likeness (QED) is 0.292. The number of ether oxygens (including phenoxy) is 1. The highest BCUT2D eigenvalue weighted by Crippen LogP contribution is 2.19. The summed E-state index contributed by atoms with van der Waals surface area (Å²) in [6, 6.07) is 15.6. The smallest absolute Gasteiger partial charge is 0.328 e. The summed E-state index contributed by atoms with van der Waals surface area (Å²) in [6.07, 6.45) is 3.00. The van der Waals surface area contributed by atoms with E-state index in [0.717, 1.165) is 22.0 Å². The van der Waals surface area contributed by atoms with Crippen LogP contribution in [-0.4, -0.2) is 47.0 Å². The molecule has 0 aliphatic rings. The van der Waals surface area contributed by atoms with Crippen molar-refractivity contribution in [3.63, 3.8) is 0 Å². The molecule has 194 valence electrons. The van der Waals surface area contributed by atoms with Gasteiger partial charge in [0.05, 0.1) is 12.1 Å². The third-order valence-electron chi connectivity index (χ3n) is 5.76. The fourth-order valence-corrected chi connectivity index (χ4v) is 3.79. The van der Waals surface area contributed by atoms with Gasteiger partial charge in [-0.15, -0.1) is 12.4 Å². The number of rotatable bonds is 11. The lowest BCUT2D eigenvalue weighted by Gasteiger charge is -2.26. The van der Waals surface area contributed by atoms with Crippen molar-refractivity contribution in [3.8, 4) is 0 Å². The minimum Gasteiger partial charge on any atom is -0.464 e. The number of nitrogens with one attached hydrogen (secondary N) is 3. The number of nitrogens with two attached hydrogens (primary N) is 1. The van der Waals surface area contributed by atoms with Gasteiger partial charge in [-0.3, -0.25) is 9.59 Å². The van der Waals surface area contributed by atoms with E-state index in [-0.39, 0.29) is 25.4 Å². The Morgan fingerprint density at radius 1 is 1.00 bits per heavy atom. The fraction of sp³-hybridized carbons (Fsp3) is 0.370. The molecular formula is C27H35ClN4O4. The van der Waals surface area contributed by atoms with E-state index in [0.29, 0.717) is 12.8 Å². The summed E-state index contributed by atoms with van der Waals surface area (Å²) in [5, 5.41) is 6.53. The van der Waals surface area contributed by atoms with E-state index in [1.807, 2.05) is 60.8 Å². The van der Waals surface area contributed by atoms with Crippen molar-refractivity contribution in [1.29, 1.82) is 0 Å². The molecule has 0 aliphatic carbocycles. The molecule has 0 saturated heterocycles. The number of aromatic amines is 1. The van der Waals surface area contributed by atoms with Crippen molar-refractivity contribution in [1.82, 2.24) is 15.6 Å². The van der Waals surface area contributed by atoms with E-state index in [4.69, 9.17) is 10.5 Å². The number of halogens is 1. The van der Waals surface area contributed by atoms with Crippen molar-refractivity contribution in [2.75, 3.05) is 6.61 Å². The van der Waals surface area contributed by atoms with Gasteiger partial charge in [0.1, 0.15) is 12.1 Å². The number of para-hydroxylation sites is 1. The van der Waals surface area contributed by atoms with Crippen LogP contribution in [0.25, 0.3) is 10.9 Å². The zero-order valence-corrected chi connectivity index (χ0v) is 21.7. The number of aromatic nitrogens is 1. The van der Waals surface area contributed by atoms with Gasteiger partial charge in [0.15, 0.2) is 0 Å². The van der Waals surface area contributed by atoms with Gasteiger partial charge in [-0.25, -0.2) is 4.79 Å². The van der Waals surface area contributed by atoms with Gasteiger partial charge < -0.3 is 26.1 Å². The Balaban J connectivity index is 0.00000456. The van der Waals surface area contributed by atoms with E-state index in [9.17, 15) is 14.4 Å². The second-order valence-electron chi connectivity index (χ2n) is 9.15. The SMILES string of the molecule is CCOC(=O)[C@H](CCc1ccccc1)NC(=O)[C@H](Cc1c[nH]c2ccccc12)NC(=O)C(C)(C)N.Cl. The van der Waals surface area contributed by atoms with Gasteiger partial charge >= 0.3 is 5.97 Å². The molecule has 0 radical (unpaired) electrons. The van der Waals surface area contributed by atoms with Crippen LogP contribution in [0.1, 0.15) is 38.3 Å². The van der Waals surface area contributed by atoms with Crippen LogP contribution in [0.3, 0.4) is 0 Å². The number of H-pyrrole nitrogens is 1. The average molecular weight is 515 g/mol. The molecule has 0 unspecified atom stereocenters. The molecule has 36 heavy (non-hydrogen) atoms. The second kappa shape index (κ2) is 13.1. The molecule has 2 atom stereocenters. The van der Waals surface area contributed by atoms with Gasteiger partial charge in [-0.05, 0) is 50.8 Å². The number of carbonyl (C=O) groups excluding carboxylic acids is 3. The Hall–Kier alpha value is -3.36. The Bertz CT molecular complexity index is 1160. The first kappa shape index (κ1) is 28.9. The fourth-order valence-electron chi connectivity index (χ4n) is 3.79. The average Bonchev–Trinajstić information content (AvgIpc) is 3.24. The first-order chi connectivity index (χ1) is 16.7. The van der Waals surface area contributed by atoms with Crippen molar-refractivity contribution in [3.05, 3.63) is 71.9 Å². The third-order valence-corrected chi connectivity index (χ3v) is 5.76. The Kier molecular flexibility index (Phi) is 10.5. The zero-order chi connectivity index (χ0) is 25.4. The van der Waals surface area contributed by atoms with Crippen molar-refractivity contribution in [2.45, 2.75) is 57.7 Å². The van der Waals surface area contributed by atoms with Gasteiger partial charge in [0.25, 0.3) is 0 Å². The molecule has 5 N–H and O–H groups in total.